The van der Waals surface area contributed by atoms with E-state index < -0.39 is 5.91 Å². The summed E-state index contributed by atoms with van der Waals surface area (Å²) in [6, 6.07) is 12.3. The number of aromatic nitrogens is 2. The summed E-state index contributed by atoms with van der Waals surface area (Å²) in [5, 5.41) is 5.73. The van der Waals surface area contributed by atoms with E-state index in [0.29, 0.717) is 32.4 Å². The summed E-state index contributed by atoms with van der Waals surface area (Å²) in [5.74, 6) is 0.665. The van der Waals surface area contributed by atoms with Crippen LogP contribution in [0.4, 0.5) is 5.69 Å². The van der Waals surface area contributed by atoms with Crippen LogP contribution >= 0.6 is 22.9 Å². The van der Waals surface area contributed by atoms with E-state index in [1.54, 1.807) is 30.3 Å². The fourth-order valence-electron chi connectivity index (χ4n) is 3.18. The Labute approximate surface area is 186 Å². The van der Waals surface area contributed by atoms with Crippen molar-refractivity contribution in [1.29, 1.82) is 0 Å². The van der Waals surface area contributed by atoms with Crippen LogP contribution in [0.2, 0.25) is 5.02 Å². The van der Waals surface area contributed by atoms with Crippen molar-refractivity contribution in [3.8, 4) is 22.6 Å². The van der Waals surface area contributed by atoms with E-state index >= 15 is 0 Å². The van der Waals surface area contributed by atoms with Crippen molar-refractivity contribution < 1.29 is 14.3 Å². The minimum atomic E-state index is -0.391. The van der Waals surface area contributed by atoms with Crippen LogP contribution in [0.1, 0.15) is 0 Å². The molecule has 0 unspecified atom stereocenters. The van der Waals surface area contributed by atoms with Gasteiger partial charge in [0.1, 0.15) is 22.9 Å². The van der Waals surface area contributed by atoms with Crippen LogP contribution < -0.4 is 20.3 Å². The van der Waals surface area contributed by atoms with Crippen molar-refractivity contribution in [2.45, 2.75) is 6.54 Å². The third kappa shape index (κ3) is 4.26. The molecule has 31 heavy (non-hydrogen) atoms. The number of anilines is 1. The molecule has 0 saturated carbocycles. The van der Waals surface area contributed by atoms with Crippen LogP contribution in [0, 0.1) is 0 Å². The topological polar surface area (TPSA) is 82.4 Å². The molecule has 0 saturated heterocycles. The number of nitrogens with one attached hydrogen (secondary N) is 1. The monoisotopic (exact) mass is 455 g/mol. The first kappa shape index (κ1) is 20.9. The maximum absolute atomic E-state index is 13.1. The molecular formula is C22H18ClN3O4S. The van der Waals surface area contributed by atoms with Crippen molar-refractivity contribution in [3.63, 3.8) is 0 Å². The van der Waals surface area contributed by atoms with Gasteiger partial charge in [0, 0.05) is 22.0 Å². The summed E-state index contributed by atoms with van der Waals surface area (Å²) in [6.07, 6.45) is 1.38. The number of halogens is 1. The zero-order valence-electron chi connectivity index (χ0n) is 16.7. The number of rotatable bonds is 6. The second-order valence-corrected chi connectivity index (χ2v) is 7.92. The number of carbonyl (C=O) groups excluding carboxylic acids is 1. The lowest BCUT2D eigenvalue weighted by Gasteiger charge is -2.12. The summed E-state index contributed by atoms with van der Waals surface area (Å²) in [7, 11) is 3.04. The first-order chi connectivity index (χ1) is 15.0. The van der Waals surface area contributed by atoms with Gasteiger partial charge >= 0.3 is 0 Å². The molecule has 158 valence electrons. The lowest BCUT2D eigenvalue weighted by molar-refractivity contribution is -0.116. The van der Waals surface area contributed by atoms with Gasteiger partial charge in [-0.2, -0.15) is 0 Å². The van der Waals surface area contributed by atoms with Crippen molar-refractivity contribution >= 4 is 44.7 Å². The van der Waals surface area contributed by atoms with Gasteiger partial charge in [-0.05, 0) is 29.8 Å². The van der Waals surface area contributed by atoms with Gasteiger partial charge in [-0.3, -0.25) is 14.2 Å². The Morgan fingerprint density at radius 1 is 1.16 bits per heavy atom. The number of benzene rings is 2. The molecule has 0 aliphatic carbocycles. The molecule has 2 heterocycles. The first-order valence-corrected chi connectivity index (χ1v) is 10.5. The van der Waals surface area contributed by atoms with E-state index in [1.807, 2.05) is 17.5 Å². The molecule has 1 amide bonds. The molecule has 0 fully saturated rings. The van der Waals surface area contributed by atoms with Crippen molar-refractivity contribution in [2.24, 2.45) is 0 Å². The fraction of sp³-hybridized carbons (Fsp3) is 0.136. The predicted octanol–water partition coefficient (Wildman–Crippen LogP) is 4.43. The van der Waals surface area contributed by atoms with Crippen molar-refractivity contribution in [3.05, 3.63) is 69.5 Å². The zero-order chi connectivity index (χ0) is 22.0. The van der Waals surface area contributed by atoms with Gasteiger partial charge in [-0.1, -0.05) is 23.7 Å². The van der Waals surface area contributed by atoms with Gasteiger partial charge in [0.2, 0.25) is 5.91 Å². The maximum Gasteiger partial charge on any atom is 0.263 e. The first-order valence-electron chi connectivity index (χ1n) is 9.24. The van der Waals surface area contributed by atoms with Gasteiger partial charge in [-0.15, -0.1) is 11.3 Å². The van der Waals surface area contributed by atoms with Crippen molar-refractivity contribution in [2.75, 3.05) is 19.5 Å². The third-order valence-electron chi connectivity index (χ3n) is 4.71. The van der Waals surface area contributed by atoms with Crippen LogP contribution in [0.25, 0.3) is 21.3 Å². The molecule has 0 spiro atoms. The Morgan fingerprint density at radius 3 is 2.65 bits per heavy atom. The summed E-state index contributed by atoms with van der Waals surface area (Å²) in [6.45, 7) is -0.196. The molecule has 0 aliphatic heterocycles. The van der Waals surface area contributed by atoms with E-state index in [0.717, 1.165) is 11.1 Å². The largest absolute Gasteiger partial charge is 0.497 e. The Balaban J connectivity index is 1.64. The number of amides is 1. The molecule has 2 aromatic heterocycles. The Hall–Kier alpha value is -3.36. The summed E-state index contributed by atoms with van der Waals surface area (Å²) in [4.78, 5) is 30.8. The summed E-state index contributed by atoms with van der Waals surface area (Å²) >= 11 is 7.35. The molecule has 0 atom stereocenters. The lowest BCUT2D eigenvalue weighted by atomic mass is 10.1. The highest BCUT2D eigenvalue weighted by Crippen LogP contribution is 2.31. The number of thiophene rings is 1. The van der Waals surface area contributed by atoms with E-state index in [1.165, 1.54) is 36.5 Å². The second kappa shape index (κ2) is 8.79. The quantitative estimate of drug-likeness (QED) is 0.465. The molecule has 4 aromatic rings. The van der Waals surface area contributed by atoms with E-state index in [2.05, 4.69) is 10.3 Å². The molecule has 7 nitrogen and oxygen atoms in total. The van der Waals surface area contributed by atoms with Gasteiger partial charge in [-0.25, -0.2) is 4.98 Å². The fourth-order valence-corrected chi connectivity index (χ4v) is 4.21. The number of hydrogen-bond acceptors (Lipinski definition) is 6. The highest BCUT2D eigenvalue weighted by Gasteiger charge is 2.16. The normalized spacial score (nSPS) is 10.8. The molecular weight excluding hydrogens is 438 g/mol. The minimum absolute atomic E-state index is 0.196. The molecule has 0 bridgehead atoms. The van der Waals surface area contributed by atoms with Gasteiger partial charge in [0.25, 0.3) is 5.56 Å². The van der Waals surface area contributed by atoms with E-state index in [9.17, 15) is 9.59 Å². The van der Waals surface area contributed by atoms with Crippen LogP contribution in [0.15, 0.2) is 59.0 Å². The number of hydrogen-bond donors (Lipinski definition) is 1. The SMILES string of the molecule is COc1ccc(OC)c(NC(=O)Cn2cnc3scc(-c4ccc(Cl)cc4)c3c2=O)c1. The zero-order valence-corrected chi connectivity index (χ0v) is 18.3. The molecule has 0 aliphatic rings. The molecule has 2 aromatic carbocycles. The minimum Gasteiger partial charge on any atom is -0.497 e. The summed E-state index contributed by atoms with van der Waals surface area (Å²) in [5.41, 5.74) is 1.78. The van der Waals surface area contributed by atoms with Crippen molar-refractivity contribution in [1.82, 2.24) is 9.55 Å². The van der Waals surface area contributed by atoms with Crippen LogP contribution in [-0.2, 0) is 11.3 Å². The second-order valence-electron chi connectivity index (χ2n) is 6.63. The number of methoxy groups -OCH3 is 2. The van der Waals surface area contributed by atoms with Crippen LogP contribution in [0.5, 0.6) is 11.5 Å². The maximum atomic E-state index is 13.1. The Kier molecular flexibility index (Phi) is 5.92. The van der Waals surface area contributed by atoms with Gasteiger partial charge in [0.05, 0.1) is 31.6 Å². The highest BCUT2D eigenvalue weighted by atomic mass is 35.5. The summed E-state index contributed by atoms with van der Waals surface area (Å²) < 4.78 is 11.8. The number of nitrogens with zero attached hydrogens (tertiary/aromatic N) is 2. The van der Waals surface area contributed by atoms with Gasteiger partial charge < -0.3 is 14.8 Å². The van der Waals surface area contributed by atoms with E-state index in [-0.39, 0.29) is 12.1 Å². The van der Waals surface area contributed by atoms with Crippen LogP contribution in [0.3, 0.4) is 0 Å². The highest BCUT2D eigenvalue weighted by molar-refractivity contribution is 7.17. The average molecular weight is 456 g/mol. The standard InChI is InChI=1S/C22H18ClN3O4S/c1-29-15-7-8-18(30-2)17(9-15)25-19(27)10-26-12-24-21-20(22(26)28)16(11-31-21)13-3-5-14(23)6-4-13/h3-9,11-12H,10H2,1-2H3,(H,25,27). The number of ether oxygens (including phenoxy) is 2. The smallest absolute Gasteiger partial charge is 0.263 e. The molecule has 0 radical (unpaired) electrons. The Bertz CT molecular complexity index is 1310. The lowest BCUT2D eigenvalue weighted by Crippen LogP contribution is -2.28. The predicted molar refractivity (Wildman–Crippen MR) is 123 cm³/mol. The van der Waals surface area contributed by atoms with Gasteiger partial charge in [0.15, 0.2) is 0 Å². The number of carbonyl (C=O) groups is 1. The number of fused-ring (bicyclic) bond motifs is 1. The van der Waals surface area contributed by atoms with Crippen LogP contribution in [-0.4, -0.2) is 29.7 Å². The Morgan fingerprint density at radius 2 is 1.94 bits per heavy atom. The molecule has 1 N–H and O–H groups in total. The average Bonchev–Trinajstić information content (AvgIpc) is 3.21. The van der Waals surface area contributed by atoms with E-state index in [4.69, 9.17) is 21.1 Å². The third-order valence-corrected chi connectivity index (χ3v) is 5.85. The molecule has 4 rings (SSSR count). The molecule has 9 heteroatoms.